The Morgan fingerprint density at radius 1 is 1.38 bits per heavy atom. The van der Waals surface area contributed by atoms with E-state index in [2.05, 4.69) is 25.3 Å². The number of aromatic nitrogens is 4. The van der Waals surface area contributed by atoms with Crippen molar-refractivity contribution in [3.8, 4) is 0 Å². The molecule has 126 valence electrons. The minimum atomic E-state index is -0.216. The third kappa shape index (κ3) is 3.42. The number of aryl methyl sites for hydroxylation is 2. The van der Waals surface area contributed by atoms with Crippen molar-refractivity contribution >= 4 is 11.7 Å². The summed E-state index contributed by atoms with van der Waals surface area (Å²) in [7, 11) is 0. The van der Waals surface area contributed by atoms with Gasteiger partial charge in [0, 0.05) is 37.7 Å². The lowest BCUT2D eigenvalue weighted by Gasteiger charge is -2.33. The highest BCUT2D eigenvalue weighted by Crippen LogP contribution is 2.15. The number of rotatable bonds is 3. The second-order valence-electron chi connectivity index (χ2n) is 5.92. The van der Waals surface area contributed by atoms with Crippen molar-refractivity contribution < 1.29 is 4.79 Å². The van der Waals surface area contributed by atoms with Crippen molar-refractivity contribution in [2.45, 2.75) is 32.7 Å². The van der Waals surface area contributed by atoms with Gasteiger partial charge in [-0.2, -0.15) is 0 Å². The van der Waals surface area contributed by atoms with E-state index in [1.165, 1.54) is 6.20 Å². The van der Waals surface area contributed by atoms with Gasteiger partial charge in [-0.1, -0.05) is 0 Å². The van der Waals surface area contributed by atoms with Gasteiger partial charge in [-0.15, -0.1) is 0 Å². The highest BCUT2D eigenvalue weighted by atomic mass is 16.2. The van der Waals surface area contributed by atoms with Gasteiger partial charge in [0.2, 0.25) is 0 Å². The second-order valence-corrected chi connectivity index (χ2v) is 5.92. The van der Waals surface area contributed by atoms with Crippen LogP contribution in [0.1, 0.15) is 34.7 Å². The first-order chi connectivity index (χ1) is 11.5. The smallest absolute Gasteiger partial charge is 0.290 e. The molecule has 0 radical (unpaired) electrons. The summed E-state index contributed by atoms with van der Waals surface area (Å²) in [5.41, 5.74) is 0.925. The molecule has 8 nitrogen and oxygen atoms in total. The molecule has 0 aliphatic carbocycles. The zero-order valence-corrected chi connectivity index (χ0v) is 13.7. The number of hydrogen-bond donors (Lipinski definition) is 2. The molecule has 1 aliphatic rings. The third-order valence-corrected chi connectivity index (χ3v) is 4.09. The Balaban J connectivity index is 1.70. The molecule has 0 spiro atoms. The number of piperidine rings is 1. The molecule has 2 aromatic heterocycles. The maximum absolute atomic E-state index is 12.5. The summed E-state index contributed by atoms with van der Waals surface area (Å²) in [5.74, 6) is 0.850. The summed E-state index contributed by atoms with van der Waals surface area (Å²) in [6, 6.07) is -0.0478. The van der Waals surface area contributed by atoms with Gasteiger partial charge < -0.3 is 15.2 Å². The standard InChI is InChI=1S/C16H20N6O2/c1-10-13(8-19-11(2)20-10)15(23)21-12-4-3-7-22(9-12)14-16(24)18-6-5-17-14/h5-6,8,12H,3-4,7,9H2,1-2H3,(H,18,24)(H,21,23)/t12-/m1/s1. The summed E-state index contributed by atoms with van der Waals surface area (Å²) in [6.07, 6.45) is 6.36. The normalized spacial score (nSPS) is 17.6. The van der Waals surface area contributed by atoms with Crippen LogP contribution in [0.2, 0.25) is 0 Å². The number of hydrogen-bond acceptors (Lipinski definition) is 6. The van der Waals surface area contributed by atoms with E-state index < -0.39 is 0 Å². The van der Waals surface area contributed by atoms with Gasteiger partial charge in [-0.05, 0) is 26.7 Å². The van der Waals surface area contributed by atoms with Crippen molar-refractivity contribution in [2.75, 3.05) is 18.0 Å². The zero-order valence-electron chi connectivity index (χ0n) is 13.7. The van der Waals surface area contributed by atoms with Crippen LogP contribution in [0.4, 0.5) is 5.82 Å². The van der Waals surface area contributed by atoms with Gasteiger partial charge in [0.1, 0.15) is 5.82 Å². The predicted octanol–water partition coefficient (Wildman–Crippen LogP) is 0.576. The van der Waals surface area contributed by atoms with Crippen LogP contribution in [0.15, 0.2) is 23.4 Å². The van der Waals surface area contributed by atoms with Crippen molar-refractivity contribution in [3.63, 3.8) is 0 Å². The number of nitrogens with zero attached hydrogens (tertiary/aromatic N) is 4. The molecule has 1 atom stereocenters. The molecule has 0 bridgehead atoms. The van der Waals surface area contributed by atoms with E-state index in [0.29, 0.717) is 29.4 Å². The van der Waals surface area contributed by atoms with E-state index in [9.17, 15) is 9.59 Å². The van der Waals surface area contributed by atoms with Gasteiger partial charge in [-0.3, -0.25) is 9.59 Å². The molecule has 3 rings (SSSR count). The number of anilines is 1. The second kappa shape index (κ2) is 6.77. The van der Waals surface area contributed by atoms with Gasteiger partial charge in [0.25, 0.3) is 11.5 Å². The van der Waals surface area contributed by atoms with Gasteiger partial charge in [0.15, 0.2) is 5.82 Å². The van der Waals surface area contributed by atoms with Crippen LogP contribution < -0.4 is 15.8 Å². The summed E-state index contributed by atoms with van der Waals surface area (Å²) in [6.45, 7) is 4.89. The molecule has 1 fully saturated rings. The molecule has 2 N–H and O–H groups in total. The Morgan fingerprint density at radius 2 is 2.21 bits per heavy atom. The first-order valence-electron chi connectivity index (χ1n) is 7.94. The maximum Gasteiger partial charge on any atom is 0.290 e. The lowest BCUT2D eigenvalue weighted by atomic mass is 10.0. The topological polar surface area (TPSA) is 104 Å². The monoisotopic (exact) mass is 328 g/mol. The Bertz CT molecular complexity index is 803. The van der Waals surface area contributed by atoms with Gasteiger partial charge in [0.05, 0.1) is 11.3 Å². The first kappa shape index (κ1) is 16.1. The summed E-state index contributed by atoms with van der Waals surface area (Å²) in [5, 5.41) is 3.01. The molecule has 1 saturated heterocycles. The molecular formula is C16H20N6O2. The van der Waals surface area contributed by atoms with Crippen molar-refractivity contribution in [2.24, 2.45) is 0 Å². The molecule has 1 aliphatic heterocycles. The van der Waals surface area contributed by atoms with Gasteiger partial charge >= 0.3 is 0 Å². The first-order valence-corrected chi connectivity index (χ1v) is 7.94. The Labute approximate surface area is 139 Å². The molecule has 0 saturated carbocycles. The molecule has 2 aromatic rings. The molecule has 3 heterocycles. The van der Waals surface area contributed by atoms with Crippen LogP contribution >= 0.6 is 0 Å². The number of carbonyl (C=O) groups is 1. The van der Waals surface area contributed by atoms with Crippen molar-refractivity contribution in [1.82, 2.24) is 25.3 Å². The third-order valence-electron chi connectivity index (χ3n) is 4.09. The van der Waals surface area contributed by atoms with Crippen molar-refractivity contribution in [3.05, 3.63) is 46.0 Å². The fraction of sp³-hybridized carbons (Fsp3) is 0.438. The van der Waals surface area contributed by atoms with Gasteiger partial charge in [-0.25, -0.2) is 15.0 Å². The lowest BCUT2D eigenvalue weighted by Crippen LogP contribution is -2.49. The number of carbonyl (C=O) groups excluding carboxylic acids is 1. The van der Waals surface area contributed by atoms with E-state index in [0.717, 1.165) is 19.4 Å². The van der Waals surface area contributed by atoms with Crippen LogP contribution in [0.5, 0.6) is 0 Å². The molecule has 1 amide bonds. The maximum atomic E-state index is 12.5. The van der Waals surface area contributed by atoms with E-state index in [-0.39, 0.29) is 17.5 Å². The molecule has 8 heteroatoms. The van der Waals surface area contributed by atoms with Crippen LogP contribution in [0, 0.1) is 13.8 Å². The zero-order chi connectivity index (χ0) is 17.1. The average molecular weight is 328 g/mol. The van der Waals surface area contributed by atoms with E-state index in [1.807, 2.05) is 4.90 Å². The number of nitrogens with one attached hydrogen (secondary N) is 2. The lowest BCUT2D eigenvalue weighted by molar-refractivity contribution is 0.0931. The van der Waals surface area contributed by atoms with E-state index in [4.69, 9.17) is 0 Å². The van der Waals surface area contributed by atoms with Crippen LogP contribution in [-0.4, -0.2) is 45.0 Å². The predicted molar refractivity (Wildman–Crippen MR) is 89.1 cm³/mol. The molecule has 0 unspecified atom stereocenters. The summed E-state index contributed by atoms with van der Waals surface area (Å²) < 4.78 is 0. The molecular weight excluding hydrogens is 308 g/mol. The summed E-state index contributed by atoms with van der Waals surface area (Å²) in [4.78, 5) is 41.3. The summed E-state index contributed by atoms with van der Waals surface area (Å²) >= 11 is 0. The Morgan fingerprint density at radius 3 is 2.96 bits per heavy atom. The molecule has 24 heavy (non-hydrogen) atoms. The van der Waals surface area contributed by atoms with Crippen LogP contribution in [0.25, 0.3) is 0 Å². The van der Waals surface area contributed by atoms with Crippen LogP contribution in [-0.2, 0) is 0 Å². The van der Waals surface area contributed by atoms with E-state index >= 15 is 0 Å². The quantitative estimate of drug-likeness (QED) is 0.854. The molecule has 0 aromatic carbocycles. The average Bonchev–Trinajstić information content (AvgIpc) is 2.55. The highest BCUT2D eigenvalue weighted by molar-refractivity contribution is 5.95. The number of H-pyrrole nitrogens is 1. The fourth-order valence-corrected chi connectivity index (χ4v) is 2.93. The number of aromatic amines is 1. The van der Waals surface area contributed by atoms with Crippen molar-refractivity contribution in [1.29, 1.82) is 0 Å². The Hall–Kier alpha value is -2.77. The number of amides is 1. The highest BCUT2D eigenvalue weighted by Gasteiger charge is 2.24. The minimum absolute atomic E-state index is 0.0478. The SMILES string of the molecule is Cc1ncc(C(=O)N[C@@H]2CCCN(c3ncc[nH]c3=O)C2)c(C)n1. The van der Waals surface area contributed by atoms with E-state index in [1.54, 1.807) is 26.2 Å². The van der Waals surface area contributed by atoms with Crippen LogP contribution in [0.3, 0.4) is 0 Å². The fourth-order valence-electron chi connectivity index (χ4n) is 2.93. The minimum Gasteiger partial charge on any atom is -0.350 e. The Kier molecular flexibility index (Phi) is 4.54. The largest absolute Gasteiger partial charge is 0.350 e.